The highest BCUT2D eigenvalue weighted by Gasteiger charge is 2.21. The summed E-state index contributed by atoms with van der Waals surface area (Å²) in [6.07, 6.45) is 0. The molecule has 1 aromatic heterocycles. The zero-order valence-corrected chi connectivity index (χ0v) is 17.5. The third kappa shape index (κ3) is 4.88. The Balaban J connectivity index is 1.59. The summed E-state index contributed by atoms with van der Waals surface area (Å²) in [6, 6.07) is 22.2. The van der Waals surface area contributed by atoms with Gasteiger partial charge in [-0.2, -0.15) is 0 Å². The van der Waals surface area contributed by atoms with Gasteiger partial charge in [-0.05, 0) is 48.0 Å². The van der Waals surface area contributed by atoms with Gasteiger partial charge in [-0.15, -0.1) is 0 Å². The molecular formula is C22H16Cl2N2O2S. The fourth-order valence-corrected chi connectivity index (χ4v) is 4.17. The monoisotopic (exact) mass is 442 g/mol. The van der Waals surface area contributed by atoms with Gasteiger partial charge in [-0.25, -0.2) is 4.98 Å². The highest BCUT2D eigenvalue weighted by Crippen LogP contribution is 2.31. The number of anilines is 1. The fourth-order valence-electron chi connectivity index (χ4n) is 2.78. The number of amides is 1. The first kappa shape index (κ1) is 19.7. The summed E-state index contributed by atoms with van der Waals surface area (Å²) in [5.74, 6) is 0.396. The van der Waals surface area contributed by atoms with E-state index in [2.05, 4.69) is 4.98 Å². The Morgan fingerprint density at radius 1 is 0.966 bits per heavy atom. The molecule has 0 radical (unpaired) electrons. The lowest BCUT2D eigenvalue weighted by Crippen LogP contribution is -2.34. The second-order valence-electron chi connectivity index (χ2n) is 6.32. The molecule has 4 rings (SSSR count). The van der Waals surface area contributed by atoms with Crippen LogP contribution in [0.2, 0.25) is 10.0 Å². The Morgan fingerprint density at radius 2 is 1.69 bits per heavy atom. The van der Waals surface area contributed by atoms with Crippen molar-refractivity contribution in [3.05, 3.63) is 88.4 Å². The molecule has 4 aromatic rings. The van der Waals surface area contributed by atoms with Crippen molar-refractivity contribution in [3.63, 3.8) is 0 Å². The highest BCUT2D eigenvalue weighted by atomic mass is 35.5. The number of benzene rings is 3. The van der Waals surface area contributed by atoms with Crippen LogP contribution in [0.3, 0.4) is 0 Å². The molecule has 0 saturated carbocycles. The Labute approximate surface area is 182 Å². The van der Waals surface area contributed by atoms with Crippen molar-refractivity contribution in [2.45, 2.75) is 6.54 Å². The first-order valence-corrected chi connectivity index (χ1v) is 10.4. The zero-order chi connectivity index (χ0) is 20.2. The number of hydrogen-bond acceptors (Lipinski definition) is 4. The molecule has 1 heterocycles. The number of carbonyl (C=O) groups excluding carboxylic acids is 1. The number of thiazole rings is 1. The normalized spacial score (nSPS) is 10.8. The third-order valence-corrected chi connectivity index (χ3v) is 5.76. The lowest BCUT2D eigenvalue weighted by atomic mass is 10.2. The van der Waals surface area contributed by atoms with Crippen LogP contribution in [0.25, 0.3) is 10.2 Å². The molecule has 29 heavy (non-hydrogen) atoms. The molecule has 0 aliphatic heterocycles. The molecule has 146 valence electrons. The number of nitrogens with zero attached hydrogens (tertiary/aromatic N) is 2. The lowest BCUT2D eigenvalue weighted by molar-refractivity contribution is -0.120. The number of ether oxygens (including phenoxy) is 1. The van der Waals surface area contributed by atoms with E-state index < -0.39 is 0 Å². The van der Waals surface area contributed by atoms with E-state index in [1.807, 2.05) is 42.5 Å². The van der Waals surface area contributed by atoms with E-state index in [9.17, 15) is 4.79 Å². The number of carbonyl (C=O) groups is 1. The molecule has 7 heteroatoms. The van der Waals surface area contributed by atoms with Crippen molar-refractivity contribution in [1.29, 1.82) is 0 Å². The highest BCUT2D eigenvalue weighted by molar-refractivity contribution is 7.22. The molecule has 0 fully saturated rings. The standard InChI is InChI=1S/C22H16Cl2N2O2S/c23-16-6-9-18(10-7-16)28-14-21(27)26(13-15-4-2-1-3-5-15)22-25-19-11-8-17(24)12-20(19)29-22/h1-12H,13-14H2. The van der Waals surface area contributed by atoms with Crippen LogP contribution in [-0.4, -0.2) is 17.5 Å². The summed E-state index contributed by atoms with van der Waals surface area (Å²) < 4.78 is 6.59. The molecule has 3 aromatic carbocycles. The van der Waals surface area contributed by atoms with Crippen LogP contribution in [0.4, 0.5) is 5.13 Å². The fraction of sp³-hybridized carbons (Fsp3) is 0.0909. The maximum Gasteiger partial charge on any atom is 0.267 e. The van der Waals surface area contributed by atoms with Crippen molar-refractivity contribution in [3.8, 4) is 5.75 Å². The van der Waals surface area contributed by atoms with E-state index in [4.69, 9.17) is 27.9 Å². The van der Waals surface area contributed by atoms with Gasteiger partial charge < -0.3 is 4.74 Å². The summed E-state index contributed by atoms with van der Waals surface area (Å²) in [5, 5.41) is 1.86. The molecule has 0 atom stereocenters. The summed E-state index contributed by atoms with van der Waals surface area (Å²) in [5.41, 5.74) is 1.81. The van der Waals surface area contributed by atoms with Crippen LogP contribution >= 0.6 is 34.5 Å². The minimum Gasteiger partial charge on any atom is -0.484 e. The van der Waals surface area contributed by atoms with E-state index in [1.54, 1.807) is 35.2 Å². The van der Waals surface area contributed by atoms with E-state index in [-0.39, 0.29) is 12.5 Å². The van der Waals surface area contributed by atoms with E-state index in [1.165, 1.54) is 11.3 Å². The van der Waals surface area contributed by atoms with Crippen molar-refractivity contribution >= 4 is 55.8 Å². The molecule has 0 bridgehead atoms. The molecule has 0 saturated heterocycles. The number of hydrogen-bond donors (Lipinski definition) is 0. The minimum absolute atomic E-state index is 0.106. The van der Waals surface area contributed by atoms with Crippen LogP contribution in [0, 0.1) is 0 Å². The molecule has 4 nitrogen and oxygen atoms in total. The van der Waals surface area contributed by atoms with Crippen LogP contribution < -0.4 is 9.64 Å². The maximum atomic E-state index is 13.0. The molecule has 0 spiro atoms. The Kier molecular flexibility index (Phi) is 6.00. The summed E-state index contributed by atoms with van der Waals surface area (Å²) in [6.45, 7) is 0.294. The van der Waals surface area contributed by atoms with Crippen molar-refractivity contribution in [1.82, 2.24) is 4.98 Å². The van der Waals surface area contributed by atoms with E-state index in [0.29, 0.717) is 27.5 Å². The smallest absolute Gasteiger partial charge is 0.267 e. The number of aromatic nitrogens is 1. The first-order valence-electron chi connectivity index (χ1n) is 8.87. The van der Waals surface area contributed by atoms with Gasteiger partial charge in [-0.3, -0.25) is 9.69 Å². The largest absolute Gasteiger partial charge is 0.484 e. The van der Waals surface area contributed by atoms with Gasteiger partial charge in [0, 0.05) is 10.0 Å². The predicted molar refractivity (Wildman–Crippen MR) is 119 cm³/mol. The number of halogens is 2. The quantitative estimate of drug-likeness (QED) is 0.356. The summed E-state index contributed by atoms with van der Waals surface area (Å²) >= 11 is 13.4. The topological polar surface area (TPSA) is 42.4 Å². The summed E-state index contributed by atoms with van der Waals surface area (Å²) in [7, 11) is 0. The first-order chi connectivity index (χ1) is 14.1. The zero-order valence-electron chi connectivity index (χ0n) is 15.2. The lowest BCUT2D eigenvalue weighted by Gasteiger charge is -2.20. The second kappa shape index (κ2) is 8.82. The predicted octanol–water partition coefficient (Wildman–Crippen LogP) is 6.22. The van der Waals surface area contributed by atoms with Gasteiger partial charge in [0.15, 0.2) is 11.7 Å². The SMILES string of the molecule is O=C(COc1ccc(Cl)cc1)N(Cc1ccccc1)c1nc2ccc(Cl)cc2s1. The average molecular weight is 443 g/mol. The van der Waals surface area contributed by atoms with Crippen LogP contribution in [-0.2, 0) is 11.3 Å². The van der Waals surface area contributed by atoms with Crippen LogP contribution in [0.15, 0.2) is 72.8 Å². The van der Waals surface area contributed by atoms with Crippen molar-refractivity contribution < 1.29 is 9.53 Å². The average Bonchev–Trinajstić information content (AvgIpc) is 3.15. The Hall–Kier alpha value is -2.60. The molecule has 0 N–H and O–H groups in total. The van der Waals surface area contributed by atoms with Crippen LogP contribution in [0.1, 0.15) is 5.56 Å². The van der Waals surface area contributed by atoms with Gasteiger partial charge >= 0.3 is 0 Å². The molecule has 0 unspecified atom stereocenters. The number of rotatable bonds is 6. The Bertz CT molecular complexity index is 1130. The Morgan fingerprint density at radius 3 is 2.45 bits per heavy atom. The molecule has 1 amide bonds. The van der Waals surface area contributed by atoms with Gasteiger partial charge in [0.25, 0.3) is 5.91 Å². The molecular weight excluding hydrogens is 427 g/mol. The van der Waals surface area contributed by atoms with E-state index >= 15 is 0 Å². The van der Waals surface area contributed by atoms with Gasteiger partial charge in [-0.1, -0.05) is 64.9 Å². The van der Waals surface area contributed by atoms with Crippen molar-refractivity contribution in [2.75, 3.05) is 11.5 Å². The van der Waals surface area contributed by atoms with Gasteiger partial charge in [0.2, 0.25) is 0 Å². The maximum absolute atomic E-state index is 13.0. The van der Waals surface area contributed by atoms with E-state index in [0.717, 1.165) is 15.8 Å². The molecule has 0 aliphatic rings. The van der Waals surface area contributed by atoms with Gasteiger partial charge in [0.1, 0.15) is 5.75 Å². The second-order valence-corrected chi connectivity index (χ2v) is 8.20. The van der Waals surface area contributed by atoms with Crippen molar-refractivity contribution in [2.24, 2.45) is 0 Å². The molecule has 0 aliphatic carbocycles. The number of fused-ring (bicyclic) bond motifs is 1. The van der Waals surface area contributed by atoms with Crippen LogP contribution in [0.5, 0.6) is 5.75 Å². The third-order valence-electron chi connectivity index (χ3n) is 4.23. The summed E-state index contributed by atoms with van der Waals surface area (Å²) in [4.78, 5) is 19.3. The minimum atomic E-state index is -0.186. The van der Waals surface area contributed by atoms with Gasteiger partial charge in [0.05, 0.1) is 16.8 Å².